The number of hydrogen-bond donors (Lipinski definition) is 4. The molecule has 2 amide bonds. The van der Waals surface area contributed by atoms with Crippen LogP contribution in [0.25, 0.3) is 11.3 Å². The summed E-state index contributed by atoms with van der Waals surface area (Å²) in [6.07, 6.45) is 2.38. The maximum Gasteiger partial charge on any atom is 0.293 e. The Hall–Kier alpha value is -4.76. The fourth-order valence-corrected chi connectivity index (χ4v) is 4.64. The van der Waals surface area contributed by atoms with Crippen LogP contribution in [0.15, 0.2) is 77.7 Å². The summed E-state index contributed by atoms with van der Waals surface area (Å²) < 4.78 is 1.47. The van der Waals surface area contributed by atoms with Crippen molar-refractivity contribution in [3.63, 3.8) is 0 Å². The fraction of sp³-hybridized carbons (Fsp3) is 0.273. The van der Waals surface area contributed by atoms with Gasteiger partial charge >= 0.3 is 0 Å². The zero-order chi connectivity index (χ0) is 30.4. The van der Waals surface area contributed by atoms with Crippen LogP contribution in [0.4, 0.5) is 17.2 Å². The molecule has 0 unspecified atom stereocenters. The van der Waals surface area contributed by atoms with Crippen LogP contribution in [0.3, 0.4) is 0 Å². The van der Waals surface area contributed by atoms with E-state index in [1.54, 1.807) is 37.5 Å². The van der Waals surface area contributed by atoms with Gasteiger partial charge < -0.3 is 26.3 Å². The van der Waals surface area contributed by atoms with Crippen molar-refractivity contribution in [2.75, 3.05) is 23.7 Å². The number of amides is 2. The summed E-state index contributed by atoms with van der Waals surface area (Å²) >= 11 is 0. The third-order valence-electron chi connectivity index (χ3n) is 6.99. The second-order valence-electron chi connectivity index (χ2n) is 11.2. The molecule has 0 atom stereocenters. The maximum atomic E-state index is 13.4. The Morgan fingerprint density at radius 3 is 2.36 bits per heavy atom. The molecule has 1 aromatic heterocycles. The van der Waals surface area contributed by atoms with Gasteiger partial charge in [0.15, 0.2) is 5.82 Å². The molecule has 0 aliphatic heterocycles. The van der Waals surface area contributed by atoms with Gasteiger partial charge in [-0.25, -0.2) is 4.98 Å². The number of nitrogens with one attached hydrogen (secondary N) is 3. The molecule has 5 N–H and O–H groups in total. The maximum absolute atomic E-state index is 13.4. The molecular formula is C33H38N6O3. The van der Waals surface area contributed by atoms with E-state index in [2.05, 4.69) is 41.7 Å². The predicted molar refractivity (Wildman–Crippen MR) is 168 cm³/mol. The third kappa shape index (κ3) is 6.92. The number of carbonyl (C=O) groups is 2. The largest absolute Gasteiger partial charge is 0.352 e. The number of anilines is 3. The highest BCUT2D eigenvalue weighted by Crippen LogP contribution is 2.30. The molecule has 9 heteroatoms. The minimum atomic E-state index is -0.303. The zero-order valence-electron chi connectivity index (χ0n) is 24.7. The van der Waals surface area contributed by atoms with Crippen molar-refractivity contribution < 1.29 is 9.59 Å². The van der Waals surface area contributed by atoms with Crippen LogP contribution in [-0.2, 0) is 12.5 Å². The van der Waals surface area contributed by atoms with Crippen LogP contribution in [0, 0.1) is 6.92 Å². The average Bonchev–Trinajstić information content (AvgIpc) is 2.96. The molecule has 9 nitrogen and oxygen atoms in total. The zero-order valence-corrected chi connectivity index (χ0v) is 24.7. The van der Waals surface area contributed by atoms with Gasteiger partial charge in [0.05, 0.1) is 5.69 Å². The second kappa shape index (κ2) is 12.8. The molecule has 4 rings (SSSR count). The van der Waals surface area contributed by atoms with Crippen molar-refractivity contribution in [1.82, 2.24) is 14.9 Å². The SMILES string of the molecule is Cc1c(NC(=O)c2ccccc2C(C)(C)C)cccc1-c1cn(C)c(=O)c(Nc2ccc(C(=O)NCCCN)cc2)n1. The highest BCUT2D eigenvalue weighted by atomic mass is 16.2. The van der Waals surface area contributed by atoms with Gasteiger partial charge in [-0.05, 0) is 72.8 Å². The van der Waals surface area contributed by atoms with E-state index < -0.39 is 0 Å². The first-order chi connectivity index (χ1) is 20.0. The Kier molecular flexibility index (Phi) is 9.22. The third-order valence-corrected chi connectivity index (χ3v) is 6.99. The van der Waals surface area contributed by atoms with E-state index >= 15 is 0 Å². The lowest BCUT2D eigenvalue weighted by molar-refractivity contribution is 0.0952. The van der Waals surface area contributed by atoms with E-state index in [0.29, 0.717) is 47.7 Å². The molecule has 0 fully saturated rings. The number of aryl methyl sites for hydroxylation is 1. The lowest BCUT2D eigenvalue weighted by Gasteiger charge is -2.22. The molecule has 0 bridgehead atoms. The van der Waals surface area contributed by atoms with E-state index in [-0.39, 0.29) is 28.6 Å². The summed E-state index contributed by atoms with van der Waals surface area (Å²) in [5.41, 5.74) is 10.5. The quantitative estimate of drug-likeness (QED) is 0.208. The number of benzene rings is 3. The van der Waals surface area contributed by atoms with Gasteiger partial charge in [0.25, 0.3) is 17.4 Å². The normalized spacial score (nSPS) is 11.2. The molecule has 1 heterocycles. The Morgan fingerprint density at radius 2 is 1.67 bits per heavy atom. The Balaban J connectivity index is 1.59. The van der Waals surface area contributed by atoms with Crippen molar-refractivity contribution in [1.29, 1.82) is 0 Å². The van der Waals surface area contributed by atoms with Crippen molar-refractivity contribution in [3.8, 4) is 11.3 Å². The molecule has 218 valence electrons. The van der Waals surface area contributed by atoms with E-state index in [1.165, 1.54) is 4.57 Å². The molecule has 0 aliphatic carbocycles. The summed E-state index contributed by atoms with van der Waals surface area (Å²) in [6.45, 7) is 9.18. The van der Waals surface area contributed by atoms with Crippen LogP contribution in [-0.4, -0.2) is 34.5 Å². The van der Waals surface area contributed by atoms with Gasteiger partial charge in [-0.3, -0.25) is 14.4 Å². The Bertz CT molecular complexity index is 1650. The molecule has 3 aromatic carbocycles. The van der Waals surface area contributed by atoms with Crippen molar-refractivity contribution in [2.24, 2.45) is 12.8 Å². The topological polar surface area (TPSA) is 131 Å². The fourth-order valence-electron chi connectivity index (χ4n) is 4.64. The summed E-state index contributed by atoms with van der Waals surface area (Å²) in [7, 11) is 1.66. The molecule has 0 spiro atoms. The van der Waals surface area contributed by atoms with Gasteiger partial charge in [0, 0.05) is 47.9 Å². The Labute approximate surface area is 246 Å². The first kappa shape index (κ1) is 30.2. The summed E-state index contributed by atoms with van der Waals surface area (Å²) in [5, 5.41) is 8.98. The minimum Gasteiger partial charge on any atom is -0.352 e. The number of nitrogens with zero attached hydrogens (tertiary/aromatic N) is 2. The van der Waals surface area contributed by atoms with Gasteiger partial charge in [0.1, 0.15) is 0 Å². The smallest absolute Gasteiger partial charge is 0.293 e. The minimum absolute atomic E-state index is 0.142. The van der Waals surface area contributed by atoms with Crippen molar-refractivity contribution >= 4 is 29.0 Å². The Morgan fingerprint density at radius 1 is 0.952 bits per heavy atom. The van der Waals surface area contributed by atoms with E-state index in [1.807, 2.05) is 49.4 Å². The first-order valence-electron chi connectivity index (χ1n) is 13.9. The summed E-state index contributed by atoms with van der Waals surface area (Å²) in [4.78, 5) is 43.2. The summed E-state index contributed by atoms with van der Waals surface area (Å²) in [5.74, 6) is -0.230. The van der Waals surface area contributed by atoms with Crippen LogP contribution >= 0.6 is 0 Å². The van der Waals surface area contributed by atoms with Gasteiger partial charge in [-0.15, -0.1) is 0 Å². The second-order valence-corrected chi connectivity index (χ2v) is 11.2. The monoisotopic (exact) mass is 566 g/mol. The highest BCUT2D eigenvalue weighted by Gasteiger charge is 2.22. The van der Waals surface area contributed by atoms with Crippen LogP contribution < -0.4 is 27.2 Å². The lowest BCUT2D eigenvalue weighted by Crippen LogP contribution is -2.25. The molecule has 4 aromatic rings. The lowest BCUT2D eigenvalue weighted by atomic mass is 9.83. The van der Waals surface area contributed by atoms with E-state index in [0.717, 1.165) is 16.7 Å². The molecule has 0 radical (unpaired) electrons. The number of carbonyl (C=O) groups excluding carboxylic acids is 2. The van der Waals surface area contributed by atoms with Gasteiger partial charge in [-0.2, -0.15) is 0 Å². The predicted octanol–water partition coefficient (Wildman–Crippen LogP) is 5.13. The molecular weight excluding hydrogens is 528 g/mol. The highest BCUT2D eigenvalue weighted by molar-refractivity contribution is 6.06. The van der Waals surface area contributed by atoms with Crippen molar-refractivity contribution in [3.05, 3.63) is 106 Å². The van der Waals surface area contributed by atoms with Crippen molar-refractivity contribution in [2.45, 2.75) is 39.5 Å². The molecule has 0 saturated carbocycles. The van der Waals surface area contributed by atoms with Crippen LogP contribution in [0.2, 0.25) is 0 Å². The molecule has 42 heavy (non-hydrogen) atoms. The van der Waals surface area contributed by atoms with E-state index in [9.17, 15) is 14.4 Å². The number of aromatic nitrogens is 2. The van der Waals surface area contributed by atoms with Crippen LogP contribution in [0.5, 0.6) is 0 Å². The van der Waals surface area contributed by atoms with Crippen LogP contribution in [0.1, 0.15) is 59.0 Å². The van der Waals surface area contributed by atoms with Gasteiger partial charge in [-0.1, -0.05) is 51.1 Å². The molecule has 0 aliphatic rings. The number of hydrogen-bond acceptors (Lipinski definition) is 6. The van der Waals surface area contributed by atoms with Gasteiger partial charge in [0.2, 0.25) is 0 Å². The summed E-state index contributed by atoms with van der Waals surface area (Å²) in [6, 6.07) is 20.0. The first-order valence-corrected chi connectivity index (χ1v) is 13.9. The standard InChI is InChI=1S/C33H38N6O3/c1-21-24(11-8-13-27(21)38-31(41)25-10-6-7-12-26(25)33(2,3)4)28-20-39(5)32(42)29(37-28)36-23-16-14-22(15-17-23)30(40)35-19-9-18-34/h6-8,10-17,20H,9,18-19,34H2,1-5H3,(H,35,40)(H,36,37)(H,38,41). The van der Waals surface area contributed by atoms with E-state index in [4.69, 9.17) is 5.73 Å². The number of rotatable bonds is 9. The number of nitrogens with two attached hydrogens (primary N) is 1. The molecule has 0 saturated heterocycles. The average molecular weight is 567 g/mol.